The van der Waals surface area contributed by atoms with Crippen molar-refractivity contribution in [2.45, 2.75) is 71.4 Å². The fraction of sp³-hybridized carbons (Fsp3) is 1.00. The van der Waals surface area contributed by atoms with E-state index >= 15 is 0 Å². The summed E-state index contributed by atoms with van der Waals surface area (Å²) >= 11 is 0. The number of unbranched alkanes of at least 4 members (excludes halogenated alkanes) is 4. The van der Waals surface area contributed by atoms with Crippen molar-refractivity contribution < 1.29 is 4.43 Å². The molecule has 0 bridgehead atoms. The lowest BCUT2D eigenvalue weighted by Crippen LogP contribution is -2.21. The molecule has 1 nitrogen and oxygen atoms in total. The van der Waals surface area contributed by atoms with Crippen molar-refractivity contribution in [2.24, 2.45) is 0 Å². The van der Waals surface area contributed by atoms with Crippen molar-refractivity contribution in [1.82, 2.24) is 0 Å². The molecule has 0 aliphatic heterocycles. The Morgan fingerprint density at radius 1 is 1.00 bits per heavy atom. The summed E-state index contributed by atoms with van der Waals surface area (Å²) in [6.07, 6.45) is 6.97. The molecule has 0 saturated heterocycles. The second kappa shape index (κ2) is 7.57. The molecule has 13 heavy (non-hydrogen) atoms. The van der Waals surface area contributed by atoms with Crippen molar-refractivity contribution in [3.63, 3.8) is 0 Å². The van der Waals surface area contributed by atoms with E-state index in [-0.39, 0.29) is 15.4 Å². The van der Waals surface area contributed by atoms with E-state index < -0.39 is 0 Å². The zero-order valence-corrected chi connectivity index (χ0v) is 11.3. The van der Waals surface area contributed by atoms with Gasteiger partial charge in [0.2, 0.25) is 0 Å². The first-order chi connectivity index (χ1) is 6.06. The van der Waals surface area contributed by atoms with Crippen LogP contribution in [-0.4, -0.2) is 15.4 Å². The summed E-state index contributed by atoms with van der Waals surface area (Å²) in [5.74, 6) is 0. The predicted octanol–water partition coefficient (Wildman–Crippen LogP) is 3.27. The van der Waals surface area contributed by atoms with Crippen LogP contribution < -0.4 is 0 Å². The highest BCUT2D eigenvalue weighted by Crippen LogP contribution is 2.09. The Labute approximate surface area is 86.2 Å². The maximum absolute atomic E-state index is 5.77. The Morgan fingerprint density at radius 2 is 1.62 bits per heavy atom. The maximum atomic E-state index is 5.77. The van der Waals surface area contributed by atoms with Crippen LogP contribution >= 0.6 is 0 Å². The molecule has 0 N–H and O–H groups in total. The van der Waals surface area contributed by atoms with E-state index in [1.54, 1.807) is 0 Å². The summed E-state index contributed by atoms with van der Waals surface area (Å²) < 4.78 is 5.77. The fourth-order valence-electron chi connectivity index (χ4n) is 1.26. The first-order valence-corrected chi connectivity index (χ1v) is 7.28. The lowest BCUT2D eigenvalue weighted by atomic mass is 10.2. The molecule has 0 aliphatic carbocycles. The molecular formula is C11H26OSi. The second-order valence-electron chi connectivity index (χ2n) is 4.73. The summed E-state index contributed by atoms with van der Waals surface area (Å²) in [5, 5.41) is 0. The van der Waals surface area contributed by atoms with Crippen LogP contribution in [0.2, 0.25) is 6.04 Å². The molecule has 0 aromatic rings. The number of hydrogen-bond donors (Lipinski definition) is 0. The van der Waals surface area contributed by atoms with Gasteiger partial charge in [0.05, 0.1) is 0 Å². The van der Waals surface area contributed by atoms with Crippen molar-refractivity contribution in [3.05, 3.63) is 0 Å². The highest BCUT2D eigenvalue weighted by Gasteiger charge is 2.08. The summed E-state index contributed by atoms with van der Waals surface area (Å²) in [4.78, 5) is 0. The molecule has 0 spiro atoms. The van der Waals surface area contributed by atoms with Crippen LogP contribution in [0.4, 0.5) is 0 Å². The molecule has 80 valence electrons. The van der Waals surface area contributed by atoms with Crippen LogP contribution in [0.3, 0.4) is 0 Å². The summed E-state index contributed by atoms with van der Waals surface area (Å²) in [5.41, 5.74) is 0.107. The molecule has 0 aromatic carbocycles. The van der Waals surface area contributed by atoms with Crippen molar-refractivity contribution in [2.75, 3.05) is 0 Å². The van der Waals surface area contributed by atoms with Crippen molar-refractivity contribution in [3.8, 4) is 0 Å². The van der Waals surface area contributed by atoms with Crippen LogP contribution in [0, 0.1) is 0 Å². The van der Waals surface area contributed by atoms with Gasteiger partial charge in [0, 0.05) is 5.60 Å². The van der Waals surface area contributed by atoms with Crippen LogP contribution in [0.5, 0.6) is 0 Å². The smallest absolute Gasteiger partial charge is 0.162 e. The number of rotatable bonds is 7. The zero-order valence-electron chi connectivity index (χ0n) is 9.86. The van der Waals surface area contributed by atoms with Gasteiger partial charge >= 0.3 is 0 Å². The third-order valence-corrected chi connectivity index (χ3v) is 3.89. The van der Waals surface area contributed by atoms with E-state index in [0.717, 1.165) is 0 Å². The first-order valence-electron chi connectivity index (χ1n) is 5.70. The zero-order chi connectivity index (χ0) is 10.2. The van der Waals surface area contributed by atoms with Crippen molar-refractivity contribution in [1.29, 1.82) is 0 Å². The van der Waals surface area contributed by atoms with E-state index in [1.165, 1.54) is 38.1 Å². The summed E-state index contributed by atoms with van der Waals surface area (Å²) in [6.45, 7) is 8.71. The van der Waals surface area contributed by atoms with E-state index in [9.17, 15) is 0 Å². The topological polar surface area (TPSA) is 9.23 Å². The SMILES string of the molecule is CCCCCCC[SiH2]OC(C)(C)C. The Hall–Kier alpha value is 0.177. The molecule has 0 rings (SSSR count). The fourth-order valence-corrected chi connectivity index (χ4v) is 2.58. The Balaban J connectivity index is 3.00. The van der Waals surface area contributed by atoms with E-state index in [2.05, 4.69) is 27.7 Å². The van der Waals surface area contributed by atoms with Gasteiger partial charge in [0.15, 0.2) is 9.76 Å². The minimum absolute atomic E-state index is 0.107. The van der Waals surface area contributed by atoms with Gasteiger partial charge in [-0.15, -0.1) is 0 Å². The molecule has 0 fully saturated rings. The normalized spacial score (nSPS) is 12.9. The van der Waals surface area contributed by atoms with Gasteiger partial charge < -0.3 is 4.43 Å². The van der Waals surface area contributed by atoms with Gasteiger partial charge in [0.25, 0.3) is 0 Å². The third kappa shape index (κ3) is 12.2. The van der Waals surface area contributed by atoms with Crippen LogP contribution in [0.1, 0.15) is 59.8 Å². The lowest BCUT2D eigenvalue weighted by molar-refractivity contribution is 0.138. The summed E-state index contributed by atoms with van der Waals surface area (Å²) in [6, 6.07) is 1.36. The van der Waals surface area contributed by atoms with Crippen LogP contribution in [-0.2, 0) is 4.43 Å². The number of hydrogen-bond acceptors (Lipinski definition) is 1. The highest BCUT2D eigenvalue weighted by molar-refractivity contribution is 6.27. The van der Waals surface area contributed by atoms with Gasteiger partial charge in [-0.3, -0.25) is 0 Å². The quantitative estimate of drug-likeness (QED) is 0.455. The molecule has 0 amide bonds. The standard InChI is InChI=1S/C11H26OSi/c1-5-6-7-8-9-10-13-12-11(2,3)4/h5-10,13H2,1-4H3. The minimum Gasteiger partial charge on any atom is -0.419 e. The second-order valence-corrected chi connectivity index (χ2v) is 6.13. The monoisotopic (exact) mass is 202 g/mol. The van der Waals surface area contributed by atoms with E-state index in [1.807, 2.05) is 0 Å². The van der Waals surface area contributed by atoms with Crippen LogP contribution in [0.25, 0.3) is 0 Å². The van der Waals surface area contributed by atoms with Gasteiger partial charge in [-0.1, -0.05) is 39.0 Å². The molecular weight excluding hydrogens is 176 g/mol. The van der Waals surface area contributed by atoms with Gasteiger partial charge in [-0.05, 0) is 26.8 Å². The van der Waals surface area contributed by atoms with Gasteiger partial charge in [-0.25, -0.2) is 0 Å². The molecule has 0 aliphatic rings. The van der Waals surface area contributed by atoms with Crippen molar-refractivity contribution >= 4 is 9.76 Å². The van der Waals surface area contributed by atoms with Crippen LogP contribution in [0.15, 0.2) is 0 Å². The average Bonchev–Trinajstić information content (AvgIpc) is 2.01. The van der Waals surface area contributed by atoms with E-state index in [4.69, 9.17) is 4.43 Å². The predicted molar refractivity (Wildman–Crippen MR) is 62.9 cm³/mol. The minimum atomic E-state index is -0.227. The lowest BCUT2D eigenvalue weighted by Gasteiger charge is -2.19. The molecule has 0 saturated carbocycles. The molecule has 0 atom stereocenters. The molecule has 2 heteroatoms. The Morgan fingerprint density at radius 3 is 2.15 bits per heavy atom. The average molecular weight is 202 g/mol. The Bertz CT molecular complexity index is 107. The third-order valence-electron chi connectivity index (χ3n) is 2.03. The molecule has 0 aromatic heterocycles. The highest BCUT2D eigenvalue weighted by atomic mass is 28.2. The molecule has 0 unspecified atom stereocenters. The summed E-state index contributed by atoms with van der Waals surface area (Å²) in [7, 11) is -0.227. The molecule has 0 radical (unpaired) electrons. The first kappa shape index (κ1) is 13.2. The Kier molecular flexibility index (Phi) is 7.67. The molecule has 0 heterocycles. The van der Waals surface area contributed by atoms with Gasteiger partial charge in [-0.2, -0.15) is 0 Å². The maximum Gasteiger partial charge on any atom is 0.162 e. The largest absolute Gasteiger partial charge is 0.419 e. The van der Waals surface area contributed by atoms with Gasteiger partial charge in [0.1, 0.15) is 0 Å². The van der Waals surface area contributed by atoms with E-state index in [0.29, 0.717) is 0 Å².